The lowest BCUT2D eigenvalue weighted by molar-refractivity contribution is 0.0321. The average Bonchev–Trinajstić information content (AvgIpc) is 2.84. The fourth-order valence-electron chi connectivity index (χ4n) is 2.74. The molecule has 1 fully saturated rings. The van der Waals surface area contributed by atoms with Crippen LogP contribution >= 0.6 is 23.2 Å². The molecule has 0 amide bonds. The maximum Gasteiger partial charge on any atom is 0.0735 e. The smallest absolute Gasteiger partial charge is 0.0735 e. The van der Waals surface area contributed by atoms with Gasteiger partial charge in [-0.2, -0.15) is 0 Å². The van der Waals surface area contributed by atoms with Crippen LogP contribution in [0.1, 0.15) is 38.7 Å². The van der Waals surface area contributed by atoms with Gasteiger partial charge >= 0.3 is 0 Å². The summed E-state index contributed by atoms with van der Waals surface area (Å²) in [6.45, 7) is 5.30. The Labute approximate surface area is 131 Å². The van der Waals surface area contributed by atoms with Gasteiger partial charge in [0.2, 0.25) is 0 Å². The molecule has 4 heteroatoms. The number of halogens is 2. The van der Waals surface area contributed by atoms with E-state index in [0.717, 1.165) is 47.8 Å². The summed E-state index contributed by atoms with van der Waals surface area (Å²) in [6.07, 6.45) is 4.76. The van der Waals surface area contributed by atoms with Crippen LogP contribution in [0.5, 0.6) is 0 Å². The van der Waals surface area contributed by atoms with Gasteiger partial charge in [-0.05, 0) is 56.8 Å². The summed E-state index contributed by atoms with van der Waals surface area (Å²) in [5, 5.41) is 5.08. The SMILES string of the molecule is CCCNC(Cc1c(Cl)cccc1Cl)C1CCC(C)O1. The predicted octanol–water partition coefficient (Wildman–Crippen LogP) is 4.47. The summed E-state index contributed by atoms with van der Waals surface area (Å²) in [7, 11) is 0. The molecule has 3 atom stereocenters. The second-order valence-corrected chi connectivity index (χ2v) is 6.34. The van der Waals surface area contributed by atoms with Crippen LogP contribution in [0, 0.1) is 0 Å². The molecule has 2 rings (SSSR count). The highest BCUT2D eigenvalue weighted by Gasteiger charge is 2.30. The third-order valence-electron chi connectivity index (χ3n) is 3.86. The molecular formula is C16H23Cl2NO. The minimum absolute atomic E-state index is 0.254. The highest BCUT2D eigenvalue weighted by atomic mass is 35.5. The van der Waals surface area contributed by atoms with Gasteiger partial charge in [0.05, 0.1) is 12.2 Å². The van der Waals surface area contributed by atoms with Crippen molar-refractivity contribution in [2.45, 2.75) is 57.8 Å². The van der Waals surface area contributed by atoms with Gasteiger partial charge in [-0.25, -0.2) is 0 Å². The van der Waals surface area contributed by atoms with Crippen LogP contribution in [0.3, 0.4) is 0 Å². The van der Waals surface area contributed by atoms with E-state index in [1.807, 2.05) is 18.2 Å². The first kappa shape index (κ1) is 16.1. The Morgan fingerprint density at radius 2 is 2.00 bits per heavy atom. The van der Waals surface area contributed by atoms with Crippen molar-refractivity contribution in [3.05, 3.63) is 33.8 Å². The lowest BCUT2D eigenvalue weighted by Gasteiger charge is -2.25. The minimum Gasteiger partial charge on any atom is -0.374 e. The maximum atomic E-state index is 6.29. The van der Waals surface area contributed by atoms with Gasteiger partial charge in [0.15, 0.2) is 0 Å². The molecule has 1 N–H and O–H groups in total. The van der Waals surface area contributed by atoms with Crippen LogP contribution in [0.2, 0.25) is 10.0 Å². The number of hydrogen-bond acceptors (Lipinski definition) is 2. The molecule has 1 aliphatic rings. The van der Waals surface area contributed by atoms with E-state index in [2.05, 4.69) is 19.2 Å². The Morgan fingerprint density at radius 1 is 1.30 bits per heavy atom. The summed E-state index contributed by atoms with van der Waals surface area (Å²) in [4.78, 5) is 0. The molecule has 1 heterocycles. The van der Waals surface area contributed by atoms with Crippen molar-refractivity contribution < 1.29 is 4.74 Å². The zero-order valence-electron chi connectivity index (χ0n) is 12.2. The van der Waals surface area contributed by atoms with Crippen molar-refractivity contribution in [2.24, 2.45) is 0 Å². The van der Waals surface area contributed by atoms with E-state index in [1.165, 1.54) is 0 Å². The third-order valence-corrected chi connectivity index (χ3v) is 4.56. The van der Waals surface area contributed by atoms with E-state index < -0.39 is 0 Å². The van der Waals surface area contributed by atoms with Gasteiger partial charge in [0.1, 0.15) is 0 Å². The van der Waals surface area contributed by atoms with Crippen LogP contribution in [0.15, 0.2) is 18.2 Å². The summed E-state index contributed by atoms with van der Waals surface area (Å²) in [5.74, 6) is 0. The van der Waals surface area contributed by atoms with Crippen LogP contribution in [-0.4, -0.2) is 24.8 Å². The van der Waals surface area contributed by atoms with E-state index in [0.29, 0.717) is 6.10 Å². The fraction of sp³-hybridized carbons (Fsp3) is 0.625. The van der Waals surface area contributed by atoms with Gasteiger partial charge in [0, 0.05) is 16.1 Å². The molecule has 0 aromatic heterocycles. The standard InChI is InChI=1S/C16H23Cl2NO/c1-3-9-19-15(16-8-7-11(2)20-16)10-12-13(17)5-4-6-14(12)18/h4-6,11,15-16,19H,3,7-10H2,1-2H3. The quantitative estimate of drug-likeness (QED) is 0.836. The monoisotopic (exact) mass is 315 g/mol. The zero-order valence-corrected chi connectivity index (χ0v) is 13.7. The molecule has 1 aromatic rings. The largest absolute Gasteiger partial charge is 0.374 e. The van der Waals surface area contributed by atoms with E-state index in [1.54, 1.807) is 0 Å². The molecule has 1 saturated heterocycles. The highest BCUT2D eigenvalue weighted by Crippen LogP contribution is 2.29. The predicted molar refractivity (Wildman–Crippen MR) is 85.8 cm³/mol. The minimum atomic E-state index is 0.254. The van der Waals surface area contributed by atoms with E-state index in [9.17, 15) is 0 Å². The Bertz CT molecular complexity index is 418. The second-order valence-electron chi connectivity index (χ2n) is 5.53. The van der Waals surface area contributed by atoms with E-state index >= 15 is 0 Å². The van der Waals surface area contributed by atoms with Gasteiger partial charge in [-0.3, -0.25) is 0 Å². The Morgan fingerprint density at radius 3 is 2.55 bits per heavy atom. The Balaban J connectivity index is 2.10. The molecular weight excluding hydrogens is 293 g/mol. The number of nitrogens with one attached hydrogen (secondary N) is 1. The summed E-state index contributed by atoms with van der Waals surface area (Å²) < 4.78 is 6.02. The molecule has 1 aromatic carbocycles. The van der Waals surface area contributed by atoms with E-state index in [-0.39, 0.29) is 12.1 Å². The maximum absolute atomic E-state index is 6.29. The summed E-state index contributed by atoms with van der Waals surface area (Å²) in [5.41, 5.74) is 1.02. The molecule has 0 spiro atoms. The first-order chi connectivity index (χ1) is 9.61. The number of rotatable bonds is 6. The van der Waals surface area contributed by atoms with Crippen LogP contribution in [0.4, 0.5) is 0 Å². The molecule has 2 nitrogen and oxygen atoms in total. The van der Waals surface area contributed by atoms with Gasteiger partial charge in [-0.1, -0.05) is 36.2 Å². The second kappa shape index (κ2) is 7.65. The Kier molecular flexibility index (Phi) is 6.16. The Hall–Kier alpha value is -0.280. The molecule has 112 valence electrons. The lowest BCUT2D eigenvalue weighted by atomic mass is 9.99. The molecule has 1 aliphatic heterocycles. The first-order valence-corrected chi connectivity index (χ1v) is 8.19. The van der Waals surface area contributed by atoms with Gasteiger partial charge in [0.25, 0.3) is 0 Å². The van der Waals surface area contributed by atoms with Crippen molar-refractivity contribution in [3.8, 4) is 0 Å². The number of ether oxygens (including phenoxy) is 1. The first-order valence-electron chi connectivity index (χ1n) is 7.43. The van der Waals surface area contributed by atoms with Crippen molar-refractivity contribution in [1.29, 1.82) is 0 Å². The number of hydrogen-bond donors (Lipinski definition) is 1. The fourth-order valence-corrected chi connectivity index (χ4v) is 3.29. The normalized spacial score (nSPS) is 24.0. The summed E-state index contributed by atoms with van der Waals surface area (Å²) in [6, 6.07) is 5.96. The van der Waals surface area contributed by atoms with Crippen molar-refractivity contribution >= 4 is 23.2 Å². The lowest BCUT2D eigenvalue weighted by Crippen LogP contribution is -2.42. The van der Waals surface area contributed by atoms with Crippen molar-refractivity contribution in [3.63, 3.8) is 0 Å². The van der Waals surface area contributed by atoms with E-state index in [4.69, 9.17) is 27.9 Å². The van der Waals surface area contributed by atoms with Crippen molar-refractivity contribution in [1.82, 2.24) is 5.32 Å². The molecule has 0 radical (unpaired) electrons. The molecule has 20 heavy (non-hydrogen) atoms. The van der Waals surface area contributed by atoms with Gasteiger partial charge in [-0.15, -0.1) is 0 Å². The van der Waals surface area contributed by atoms with Gasteiger partial charge < -0.3 is 10.1 Å². The third kappa shape index (κ3) is 4.11. The van der Waals surface area contributed by atoms with Crippen LogP contribution < -0.4 is 5.32 Å². The van der Waals surface area contributed by atoms with Crippen LogP contribution in [0.25, 0.3) is 0 Å². The molecule has 0 aliphatic carbocycles. The summed E-state index contributed by atoms with van der Waals surface area (Å²) >= 11 is 12.6. The number of benzene rings is 1. The molecule has 0 bridgehead atoms. The molecule has 3 unspecified atom stereocenters. The topological polar surface area (TPSA) is 21.3 Å². The van der Waals surface area contributed by atoms with Crippen LogP contribution in [-0.2, 0) is 11.2 Å². The zero-order chi connectivity index (χ0) is 14.5. The molecule has 0 saturated carbocycles. The highest BCUT2D eigenvalue weighted by molar-refractivity contribution is 6.36. The van der Waals surface area contributed by atoms with Crippen molar-refractivity contribution in [2.75, 3.05) is 6.54 Å². The average molecular weight is 316 g/mol.